The number of fused-ring (bicyclic) bond motifs is 1. The zero-order valence-electron chi connectivity index (χ0n) is 13.6. The van der Waals surface area contributed by atoms with Crippen LogP contribution in [0.2, 0.25) is 0 Å². The van der Waals surface area contributed by atoms with Crippen molar-refractivity contribution in [1.29, 1.82) is 0 Å². The van der Waals surface area contributed by atoms with Crippen molar-refractivity contribution in [3.8, 4) is 11.5 Å². The maximum Gasteiger partial charge on any atom is 0.270 e. The number of aromatic nitrogens is 2. The van der Waals surface area contributed by atoms with Gasteiger partial charge in [0.15, 0.2) is 5.75 Å². The van der Waals surface area contributed by atoms with Crippen LogP contribution in [0.1, 0.15) is 11.1 Å². The molecular formula is C19H19N3O2. The van der Waals surface area contributed by atoms with Crippen molar-refractivity contribution in [2.24, 2.45) is 7.05 Å². The van der Waals surface area contributed by atoms with E-state index in [0.717, 1.165) is 31.7 Å². The Hall–Kier alpha value is -2.82. The average molecular weight is 321 g/mol. The third-order valence-corrected chi connectivity index (χ3v) is 4.56. The highest BCUT2D eigenvalue weighted by atomic mass is 16.5. The Morgan fingerprint density at radius 1 is 1.08 bits per heavy atom. The molecule has 1 aromatic heterocycles. The van der Waals surface area contributed by atoms with Gasteiger partial charge >= 0.3 is 0 Å². The summed E-state index contributed by atoms with van der Waals surface area (Å²) in [5.41, 5.74) is 3.83. The first kappa shape index (κ1) is 14.8. The smallest absolute Gasteiger partial charge is 0.270 e. The van der Waals surface area contributed by atoms with Gasteiger partial charge in [0.05, 0.1) is 6.20 Å². The maximum atomic E-state index is 11.6. The molecule has 5 heteroatoms. The number of hydrogen-bond acceptors (Lipinski definition) is 4. The molecule has 0 saturated carbocycles. The molecule has 4 rings (SSSR count). The SMILES string of the molecule is Cn1ncc(Oc2ccc3c(c2)CCN(C2=CC=C2)CC3)cc1=O. The van der Waals surface area contributed by atoms with Crippen LogP contribution in [-0.2, 0) is 19.9 Å². The summed E-state index contributed by atoms with van der Waals surface area (Å²) in [4.78, 5) is 14.1. The number of nitrogens with zero attached hydrogens (tertiary/aromatic N) is 3. The molecule has 1 aromatic carbocycles. The van der Waals surface area contributed by atoms with Crippen LogP contribution in [0.4, 0.5) is 0 Å². The van der Waals surface area contributed by atoms with Crippen LogP contribution in [0.25, 0.3) is 0 Å². The minimum Gasteiger partial charge on any atom is -0.455 e. The molecule has 0 amide bonds. The van der Waals surface area contributed by atoms with Crippen LogP contribution in [0.3, 0.4) is 0 Å². The summed E-state index contributed by atoms with van der Waals surface area (Å²) in [6.07, 6.45) is 9.99. The summed E-state index contributed by atoms with van der Waals surface area (Å²) in [7, 11) is 1.62. The fraction of sp³-hybridized carbons (Fsp3) is 0.263. The molecule has 0 saturated heterocycles. The predicted molar refractivity (Wildman–Crippen MR) is 92.2 cm³/mol. The maximum absolute atomic E-state index is 11.6. The lowest BCUT2D eigenvalue weighted by atomic mass is 10.0. The van der Waals surface area contributed by atoms with E-state index >= 15 is 0 Å². The Morgan fingerprint density at radius 3 is 2.58 bits per heavy atom. The van der Waals surface area contributed by atoms with Crippen LogP contribution in [-0.4, -0.2) is 27.8 Å². The topological polar surface area (TPSA) is 47.4 Å². The van der Waals surface area contributed by atoms with Gasteiger partial charge in [0.1, 0.15) is 5.75 Å². The van der Waals surface area contributed by atoms with Crippen LogP contribution in [0.5, 0.6) is 11.5 Å². The second kappa shape index (κ2) is 6.00. The molecule has 5 nitrogen and oxygen atoms in total. The zero-order chi connectivity index (χ0) is 16.5. The number of rotatable bonds is 3. The van der Waals surface area contributed by atoms with Gasteiger partial charge in [-0.25, -0.2) is 4.68 Å². The fourth-order valence-corrected chi connectivity index (χ4v) is 3.06. The van der Waals surface area contributed by atoms with Gasteiger partial charge in [-0.2, -0.15) is 5.10 Å². The van der Waals surface area contributed by atoms with Gasteiger partial charge in [0, 0.05) is 31.9 Å². The molecule has 0 fully saturated rings. The van der Waals surface area contributed by atoms with Crippen molar-refractivity contribution in [1.82, 2.24) is 14.7 Å². The van der Waals surface area contributed by atoms with E-state index in [0.29, 0.717) is 5.75 Å². The number of ether oxygens (including phenoxy) is 1. The summed E-state index contributed by atoms with van der Waals surface area (Å²) in [6.45, 7) is 2.06. The Labute approximate surface area is 140 Å². The van der Waals surface area contributed by atoms with Gasteiger partial charge in [-0.15, -0.1) is 0 Å². The molecule has 0 radical (unpaired) electrons. The lowest BCUT2D eigenvalue weighted by Gasteiger charge is -2.26. The molecule has 2 heterocycles. The van der Waals surface area contributed by atoms with Gasteiger partial charge in [-0.3, -0.25) is 4.79 Å². The molecule has 0 bridgehead atoms. The summed E-state index contributed by atoms with van der Waals surface area (Å²) in [5, 5.41) is 3.98. The lowest BCUT2D eigenvalue weighted by Crippen LogP contribution is -2.26. The second-order valence-electron chi connectivity index (χ2n) is 6.12. The van der Waals surface area contributed by atoms with Gasteiger partial charge in [0.25, 0.3) is 5.56 Å². The summed E-state index contributed by atoms with van der Waals surface area (Å²) in [5.74, 6) is 1.22. The van der Waals surface area contributed by atoms with E-state index < -0.39 is 0 Å². The Bertz CT molecular complexity index is 896. The number of allylic oxidation sites excluding steroid dienone is 3. The van der Waals surface area contributed by atoms with E-state index in [1.165, 1.54) is 27.6 Å². The Morgan fingerprint density at radius 2 is 1.88 bits per heavy atom. The van der Waals surface area contributed by atoms with Crippen molar-refractivity contribution in [3.63, 3.8) is 0 Å². The van der Waals surface area contributed by atoms with Gasteiger partial charge in [-0.1, -0.05) is 12.1 Å². The normalized spacial score (nSPS) is 16.0. The zero-order valence-corrected chi connectivity index (χ0v) is 13.6. The standard InChI is InChI=1S/C19H19N3O2/c1-21-19(23)12-18(13-20-21)24-17-6-5-14-7-9-22(16-3-2-4-16)10-8-15(14)11-17/h2-6,11-13H,7-10H2,1H3. The molecule has 122 valence electrons. The summed E-state index contributed by atoms with van der Waals surface area (Å²) >= 11 is 0. The molecular weight excluding hydrogens is 302 g/mol. The largest absolute Gasteiger partial charge is 0.455 e. The Kier molecular flexibility index (Phi) is 3.69. The third kappa shape index (κ3) is 2.85. The van der Waals surface area contributed by atoms with E-state index in [9.17, 15) is 4.79 Å². The van der Waals surface area contributed by atoms with E-state index in [1.807, 2.05) is 6.07 Å². The predicted octanol–water partition coefficient (Wildman–Crippen LogP) is 2.43. The molecule has 0 unspecified atom stereocenters. The third-order valence-electron chi connectivity index (χ3n) is 4.56. The van der Waals surface area contributed by atoms with E-state index in [4.69, 9.17) is 4.74 Å². The molecule has 0 spiro atoms. The van der Waals surface area contributed by atoms with Crippen molar-refractivity contribution in [3.05, 3.63) is 75.9 Å². The minimum absolute atomic E-state index is 0.181. The summed E-state index contributed by atoms with van der Waals surface area (Å²) in [6, 6.07) is 7.64. The van der Waals surface area contributed by atoms with Crippen LogP contribution in [0, 0.1) is 0 Å². The Balaban J connectivity index is 1.52. The average Bonchev–Trinajstić information content (AvgIpc) is 2.72. The summed E-state index contributed by atoms with van der Waals surface area (Å²) < 4.78 is 7.10. The van der Waals surface area contributed by atoms with Crippen LogP contribution >= 0.6 is 0 Å². The second-order valence-corrected chi connectivity index (χ2v) is 6.12. The molecule has 0 N–H and O–H groups in total. The molecule has 0 atom stereocenters. The minimum atomic E-state index is -0.181. The number of benzene rings is 1. The van der Waals surface area contributed by atoms with Crippen molar-refractivity contribution in [2.45, 2.75) is 12.8 Å². The molecule has 1 aliphatic carbocycles. The van der Waals surface area contributed by atoms with E-state index in [-0.39, 0.29) is 5.56 Å². The first-order chi connectivity index (χ1) is 11.7. The van der Waals surface area contributed by atoms with Gasteiger partial charge in [-0.05, 0) is 48.3 Å². The van der Waals surface area contributed by atoms with E-state index in [1.54, 1.807) is 13.2 Å². The fourth-order valence-electron chi connectivity index (χ4n) is 3.06. The quantitative estimate of drug-likeness (QED) is 0.871. The highest BCUT2D eigenvalue weighted by Gasteiger charge is 2.17. The molecule has 1 aliphatic heterocycles. The van der Waals surface area contributed by atoms with Crippen LogP contribution in [0.15, 0.2) is 59.2 Å². The molecule has 24 heavy (non-hydrogen) atoms. The molecule has 2 aliphatic rings. The molecule has 2 aromatic rings. The first-order valence-corrected chi connectivity index (χ1v) is 8.15. The van der Waals surface area contributed by atoms with Crippen molar-refractivity contribution in [2.75, 3.05) is 13.1 Å². The number of aryl methyl sites for hydroxylation is 1. The van der Waals surface area contributed by atoms with Crippen molar-refractivity contribution < 1.29 is 4.74 Å². The van der Waals surface area contributed by atoms with Crippen LogP contribution < -0.4 is 10.3 Å². The highest BCUT2D eigenvalue weighted by Crippen LogP contribution is 2.27. The van der Waals surface area contributed by atoms with Gasteiger partial charge < -0.3 is 9.64 Å². The van der Waals surface area contributed by atoms with Crippen molar-refractivity contribution >= 4 is 0 Å². The highest BCUT2D eigenvalue weighted by molar-refractivity contribution is 5.40. The monoisotopic (exact) mass is 321 g/mol. The lowest BCUT2D eigenvalue weighted by molar-refractivity contribution is 0.370. The first-order valence-electron chi connectivity index (χ1n) is 8.15. The number of hydrogen-bond donors (Lipinski definition) is 0. The van der Waals surface area contributed by atoms with E-state index in [2.05, 4.69) is 40.4 Å². The van der Waals surface area contributed by atoms with Gasteiger partial charge in [0.2, 0.25) is 0 Å².